The Labute approximate surface area is 207 Å². The molecule has 5 rings (SSSR count). The molecule has 4 aromatic rings. The molecule has 1 aliphatic heterocycles. The van der Waals surface area contributed by atoms with Gasteiger partial charge in [0, 0.05) is 53.4 Å². The van der Waals surface area contributed by atoms with Gasteiger partial charge < -0.3 is 20.5 Å². The monoisotopic (exact) mass is 484 g/mol. The number of rotatable bonds is 7. The Morgan fingerprint density at radius 3 is 2.61 bits per heavy atom. The number of nitrogens with one attached hydrogen (secondary N) is 3. The Kier molecular flexibility index (Phi) is 6.49. The van der Waals surface area contributed by atoms with E-state index in [0.717, 1.165) is 28.6 Å². The molecule has 0 spiro atoms. The number of anilines is 2. The highest BCUT2D eigenvalue weighted by molar-refractivity contribution is 6.02. The third kappa shape index (κ3) is 4.98. The van der Waals surface area contributed by atoms with Gasteiger partial charge in [0.2, 0.25) is 11.8 Å². The zero-order valence-corrected chi connectivity index (χ0v) is 19.5. The van der Waals surface area contributed by atoms with E-state index in [9.17, 15) is 18.8 Å². The molecule has 1 atom stereocenters. The van der Waals surface area contributed by atoms with Crippen LogP contribution in [-0.4, -0.2) is 35.3 Å². The molecule has 0 aliphatic carbocycles. The summed E-state index contributed by atoms with van der Waals surface area (Å²) in [6.07, 6.45) is 3.39. The number of hydrogen-bond donors (Lipinski definition) is 3. The van der Waals surface area contributed by atoms with Crippen molar-refractivity contribution < 1.29 is 18.8 Å². The molecule has 8 heteroatoms. The average molecular weight is 485 g/mol. The van der Waals surface area contributed by atoms with Crippen molar-refractivity contribution in [2.24, 2.45) is 0 Å². The summed E-state index contributed by atoms with van der Waals surface area (Å²) in [6.45, 7) is 0.646. The number of amides is 3. The first-order chi connectivity index (χ1) is 17.5. The highest BCUT2D eigenvalue weighted by Crippen LogP contribution is 2.25. The molecule has 1 aliphatic rings. The molecule has 1 fully saturated rings. The van der Waals surface area contributed by atoms with E-state index in [-0.39, 0.29) is 17.9 Å². The van der Waals surface area contributed by atoms with Crippen LogP contribution in [0.2, 0.25) is 0 Å². The van der Waals surface area contributed by atoms with Gasteiger partial charge in [0.25, 0.3) is 5.91 Å². The molecule has 182 valence electrons. The lowest BCUT2D eigenvalue weighted by Crippen LogP contribution is -2.45. The van der Waals surface area contributed by atoms with Crippen molar-refractivity contribution in [3.05, 3.63) is 95.9 Å². The number of benzene rings is 3. The maximum absolute atomic E-state index is 13.4. The highest BCUT2D eigenvalue weighted by atomic mass is 19.1. The normalized spacial score (nSPS) is 14.1. The number of hydrogen-bond acceptors (Lipinski definition) is 3. The van der Waals surface area contributed by atoms with E-state index in [1.54, 1.807) is 23.1 Å². The summed E-state index contributed by atoms with van der Waals surface area (Å²) in [5.74, 6) is -1.27. The van der Waals surface area contributed by atoms with Gasteiger partial charge in [0.1, 0.15) is 11.9 Å². The minimum atomic E-state index is -0.904. The smallest absolute Gasteiger partial charge is 0.251 e. The van der Waals surface area contributed by atoms with Crippen molar-refractivity contribution in [3.8, 4) is 0 Å². The molecule has 3 aromatic carbocycles. The lowest BCUT2D eigenvalue weighted by atomic mass is 10.0. The summed E-state index contributed by atoms with van der Waals surface area (Å²) < 4.78 is 13.3. The fraction of sp³-hybridized carbons (Fsp3) is 0.179. The standard InChI is InChI=1S/C28H25FN4O3/c29-20-12-10-18(11-13-20)27(35)32-25(15-19-17-30-24-8-2-1-7-23(19)24)28(36)31-21-5-3-6-22(16-21)33-14-4-9-26(33)34/h1-3,5-8,10-13,16-17,25,30H,4,9,14-15H2,(H,31,36)(H,32,35)/t25-/m0/s1. The van der Waals surface area contributed by atoms with Crippen molar-refractivity contribution in [1.29, 1.82) is 0 Å². The zero-order valence-electron chi connectivity index (χ0n) is 19.5. The Hall–Kier alpha value is -4.46. The second-order valence-corrected chi connectivity index (χ2v) is 8.79. The van der Waals surface area contributed by atoms with Crippen LogP contribution in [0.5, 0.6) is 0 Å². The molecule has 0 bridgehead atoms. The molecule has 0 saturated carbocycles. The van der Waals surface area contributed by atoms with Gasteiger partial charge >= 0.3 is 0 Å². The molecular formula is C28H25FN4O3. The van der Waals surface area contributed by atoms with Gasteiger partial charge in [-0.15, -0.1) is 0 Å². The van der Waals surface area contributed by atoms with Crippen molar-refractivity contribution in [2.45, 2.75) is 25.3 Å². The van der Waals surface area contributed by atoms with Crippen molar-refractivity contribution >= 4 is 40.0 Å². The maximum atomic E-state index is 13.4. The summed E-state index contributed by atoms with van der Waals surface area (Å²) in [4.78, 5) is 43.4. The first-order valence-corrected chi connectivity index (χ1v) is 11.8. The van der Waals surface area contributed by atoms with E-state index >= 15 is 0 Å². The summed E-state index contributed by atoms with van der Waals surface area (Å²) in [5.41, 5.74) is 3.31. The average Bonchev–Trinajstić information content (AvgIpc) is 3.50. The topological polar surface area (TPSA) is 94.3 Å². The quantitative estimate of drug-likeness (QED) is 0.363. The van der Waals surface area contributed by atoms with Crippen LogP contribution in [0, 0.1) is 5.82 Å². The predicted molar refractivity (Wildman–Crippen MR) is 136 cm³/mol. The molecule has 1 aromatic heterocycles. The Morgan fingerprint density at radius 1 is 1.03 bits per heavy atom. The largest absolute Gasteiger partial charge is 0.361 e. The molecule has 3 N–H and O–H groups in total. The predicted octanol–water partition coefficient (Wildman–Crippen LogP) is 4.41. The lowest BCUT2D eigenvalue weighted by Gasteiger charge is -2.20. The van der Waals surface area contributed by atoms with E-state index in [1.807, 2.05) is 36.5 Å². The van der Waals surface area contributed by atoms with Gasteiger partial charge in [-0.25, -0.2) is 4.39 Å². The number of nitrogens with zero attached hydrogens (tertiary/aromatic N) is 1. The lowest BCUT2D eigenvalue weighted by molar-refractivity contribution is -0.118. The summed E-state index contributed by atoms with van der Waals surface area (Å²) in [5, 5.41) is 6.65. The Bertz CT molecular complexity index is 1430. The second kappa shape index (κ2) is 10.0. The number of aromatic nitrogens is 1. The fourth-order valence-electron chi connectivity index (χ4n) is 4.47. The van der Waals surface area contributed by atoms with E-state index in [4.69, 9.17) is 0 Å². The summed E-state index contributed by atoms with van der Waals surface area (Å²) in [6, 6.07) is 19.1. The number of aromatic amines is 1. The van der Waals surface area contributed by atoms with Crippen LogP contribution < -0.4 is 15.5 Å². The minimum Gasteiger partial charge on any atom is -0.361 e. The van der Waals surface area contributed by atoms with Gasteiger partial charge in [-0.2, -0.15) is 0 Å². The molecule has 7 nitrogen and oxygen atoms in total. The first kappa shape index (κ1) is 23.3. The number of carbonyl (C=O) groups excluding carboxylic acids is 3. The Morgan fingerprint density at radius 2 is 1.83 bits per heavy atom. The van der Waals surface area contributed by atoms with Gasteiger partial charge in [-0.1, -0.05) is 24.3 Å². The van der Waals surface area contributed by atoms with Gasteiger partial charge in [0.05, 0.1) is 0 Å². The molecular weight excluding hydrogens is 459 g/mol. The van der Waals surface area contributed by atoms with Crippen molar-refractivity contribution in [2.75, 3.05) is 16.8 Å². The maximum Gasteiger partial charge on any atom is 0.251 e. The van der Waals surface area contributed by atoms with Crippen molar-refractivity contribution in [3.63, 3.8) is 0 Å². The third-order valence-corrected chi connectivity index (χ3v) is 6.33. The molecule has 2 heterocycles. The van der Waals surface area contributed by atoms with Crippen LogP contribution in [-0.2, 0) is 16.0 Å². The highest BCUT2D eigenvalue weighted by Gasteiger charge is 2.25. The van der Waals surface area contributed by atoms with E-state index < -0.39 is 23.7 Å². The molecule has 3 amide bonds. The van der Waals surface area contributed by atoms with Gasteiger partial charge in [-0.05, 0) is 60.5 Å². The molecule has 36 heavy (non-hydrogen) atoms. The van der Waals surface area contributed by atoms with Crippen molar-refractivity contribution in [1.82, 2.24) is 10.3 Å². The van der Waals surface area contributed by atoms with Crippen LogP contribution in [0.4, 0.5) is 15.8 Å². The second-order valence-electron chi connectivity index (χ2n) is 8.79. The number of para-hydroxylation sites is 1. The number of carbonyl (C=O) groups is 3. The van der Waals surface area contributed by atoms with Crippen LogP contribution in [0.25, 0.3) is 10.9 Å². The fourth-order valence-corrected chi connectivity index (χ4v) is 4.47. The first-order valence-electron chi connectivity index (χ1n) is 11.8. The number of H-pyrrole nitrogens is 1. The zero-order chi connectivity index (χ0) is 25.1. The van der Waals surface area contributed by atoms with Gasteiger partial charge in [0.15, 0.2) is 0 Å². The van der Waals surface area contributed by atoms with Gasteiger partial charge in [-0.3, -0.25) is 14.4 Å². The van der Waals surface area contributed by atoms with Crippen LogP contribution in [0.15, 0.2) is 79.0 Å². The molecule has 0 unspecified atom stereocenters. The minimum absolute atomic E-state index is 0.0576. The van der Waals surface area contributed by atoms with Crippen LogP contribution >= 0.6 is 0 Å². The number of halogens is 1. The Balaban J connectivity index is 1.39. The van der Waals surface area contributed by atoms with Crippen LogP contribution in [0.1, 0.15) is 28.8 Å². The summed E-state index contributed by atoms with van der Waals surface area (Å²) in [7, 11) is 0. The van der Waals surface area contributed by atoms with Crippen LogP contribution in [0.3, 0.4) is 0 Å². The van der Waals surface area contributed by atoms with E-state index in [2.05, 4.69) is 15.6 Å². The third-order valence-electron chi connectivity index (χ3n) is 6.33. The number of fused-ring (bicyclic) bond motifs is 1. The molecule has 0 radical (unpaired) electrons. The summed E-state index contributed by atoms with van der Waals surface area (Å²) >= 11 is 0. The van der Waals surface area contributed by atoms with E-state index in [1.165, 1.54) is 24.3 Å². The SMILES string of the molecule is O=C(N[C@@H](Cc1c[nH]c2ccccc12)C(=O)Nc1cccc(N2CCCC2=O)c1)c1ccc(F)cc1. The van der Waals surface area contributed by atoms with E-state index in [0.29, 0.717) is 18.7 Å². The molecule has 1 saturated heterocycles.